The molecule has 1 heteroatoms. The van der Waals surface area contributed by atoms with Crippen molar-refractivity contribution in [1.82, 2.24) is 5.32 Å². The highest BCUT2D eigenvalue weighted by atomic mass is 14.9. The highest BCUT2D eigenvalue weighted by Gasteiger charge is 2.10. The van der Waals surface area contributed by atoms with Gasteiger partial charge >= 0.3 is 0 Å². The van der Waals surface area contributed by atoms with Crippen LogP contribution in [0.4, 0.5) is 0 Å². The molecular weight excluding hydrogens is 194 g/mol. The SMILES string of the molecule is Cc1ccc(C(C)CNCC(C)(C)C)cc1. The van der Waals surface area contributed by atoms with Crippen LogP contribution in [-0.2, 0) is 0 Å². The summed E-state index contributed by atoms with van der Waals surface area (Å²) in [5.74, 6) is 0.586. The van der Waals surface area contributed by atoms with E-state index in [1.54, 1.807) is 0 Å². The van der Waals surface area contributed by atoms with E-state index in [0.717, 1.165) is 13.1 Å². The zero-order chi connectivity index (χ0) is 12.2. The second-order valence-corrected chi connectivity index (χ2v) is 6.00. The molecule has 1 N–H and O–H groups in total. The molecule has 90 valence electrons. The fraction of sp³-hybridized carbons (Fsp3) is 0.600. The highest BCUT2D eigenvalue weighted by molar-refractivity contribution is 5.24. The summed E-state index contributed by atoms with van der Waals surface area (Å²) in [4.78, 5) is 0. The molecule has 0 aliphatic carbocycles. The summed E-state index contributed by atoms with van der Waals surface area (Å²) in [6.45, 7) is 13.3. The first-order chi connectivity index (χ1) is 7.38. The van der Waals surface area contributed by atoms with Gasteiger partial charge in [-0.1, -0.05) is 57.5 Å². The van der Waals surface area contributed by atoms with Crippen molar-refractivity contribution in [3.63, 3.8) is 0 Å². The fourth-order valence-electron chi connectivity index (χ4n) is 1.68. The maximum absolute atomic E-state index is 3.54. The van der Waals surface area contributed by atoms with Gasteiger partial charge in [-0.2, -0.15) is 0 Å². The Hall–Kier alpha value is -0.820. The molecule has 1 aromatic rings. The minimum atomic E-state index is 0.368. The monoisotopic (exact) mass is 219 g/mol. The molecule has 1 nitrogen and oxygen atoms in total. The average molecular weight is 219 g/mol. The number of nitrogens with one attached hydrogen (secondary N) is 1. The molecule has 0 heterocycles. The van der Waals surface area contributed by atoms with Gasteiger partial charge in [0, 0.05) is 13.1 Å². The van der Waals surface area contributed by atoms with Crippen molar-refractivity contribution in [3.05, 3.63) is 35.4 Å². The van der Waals surface area contributed by atoms with Crippen LogP contribution in [-0.4, -0.2) is 13.1 Å². The molecular formula is C15H25N. The number of benzene rings is 1. The predicted octanol–water partition coefficient (Wildman–Crippen LogP) is 3.73. The van der Waals surface area contributed by atoms with E-state index in [1.165, 1.54) is 11.1 Å². The van der Waals surface area contributed by atoms with E-state index in [2.05, 4.69) is 64.2 Å². The van der Waals surface area contributed by atoms with E-state index in [1.807, 2.05) is 0 Å². The van der Waals surface area contributed by atoms with Gasteiger partial charge in [0.1, 0.15) is 0 Å². The Kier molecular flexibility index (Phi) is 4.55. The molecule has 0 saturated heterocycles. The molecule has 1 rings (SSSR count). The topological polar surface area (TPSA) is 12.0 Å². The number of hydrogen-bond donors (Lipinski definition) is 1. The van der Waals surface area contributed by atoms with Gasteiger partial charge < -0.3 is 5.32 Å². The largest absolute Gasteiger partial charge is 0.316 e. The van der Waals surface area contributed by atoms with E-state index in [9.17, 15) is 0 Å². The Morgan fingerprint density at radius 1 is 1.12 bits per heavy atom. The van der Waals surface area contributed by atoms with Crippen molar-refractivity contribution in [2.24, 2.45) is 5.41 Å². The van der Waals surface area contributed by atoms with Crippen LogP contribution in [0.1, 0.15) is 44.7 Å². The molecule has 0 aromatic heterocycles. The Labute approximate surface area is 100 Å². The highest BCUT2D eigenvalue weighted by Crippen LogP contribution is 2.16. The third-order valence-corrected chi connectivity index (χ3v) is 2.75. The summed E-state index contributed by atoms with van der Waals surface area (Å²) in [5, 5.41) is 3.54. The minimum absolute atomic E-state index is 0.368. The first-order valence-corrected chi connectivity index (χ1v) is 6.16. The van der Waals surface area contributed by atoms with Crippen LogP contribution in [0.15, 0.2) is 24.3 Å². The summed E-state index contributed by atoms with van der Waals surface area (Å²) >= 11 is 0. The maximum Gasteiger partial charge on any atom is 0.00177 e. The summed E-state index contributed by atoms with van der Waals surface area (Å²) in [6.07, 6.45) is 0. The van der Waals surface area contributed by atoms with Crippen molar-refractivity contribution in [3.8, 4) is 0 Å². The van der Waals surface area contributed by atoms with Gasteiger partial charge in [-0.25, -0.2) is 0 Å². The van der Waals surface area contributed by atoms with Crippen LogP contribution >= 0.6 is 0 Å². The van der Waals surface area contributed by atoms with E-state index in [0.29, 0.717) is 11.3 Å². The van der Waals surface area contributed by atoms with E-state index in [4.69, 9.17) is 0 Å². The predicted molar refractivity (Wildman–Crippen MR) is 71.9 cm³/mol. The first kappa shape index (κ1) is 13.2. The quantitative estimate of drug-likeness (QED) is 0.813. The Balaban J connectivity index is 2.41. The van der Waals surface area contributed by atoms with Crippen molar-refractivity contribution < 1.29 is 0 Å². The lowest BCUT2D eigenvalue weighted by molar-refractivity contribution is 0.375. The van der Waals surface area contributed by atoms with Gasteiger partial charge in [0.2, 0.25) is 0 Å². The molecule has 0 radical (unpaired) electrons. The standard InChI is InChI=1S/C15H25N/c1-12-6-8-14(9-7-12)13(2)10-16-11-15(3,4)5/h6-9,13,16H,10-11H2,1-5H3. The van der Waals surface area contributed by atoms with Crippen molar-refractivity contribution in [2.75, 3.05) is 13.1 Å². The lowest BCUT2D eigenvalue weighted by atomic mass is 9.95. The number of hydrogen-bond acceptors (Lipinski definition) is 1. The molecule has 1 unspecified atom stereocenters. The Bertz CT molecular complexity index is 305. The fourth-order valence-corrected chi connectivity index (χ4v) is 1.68. The van der Waals surface area contributed by atoms with E-state index in [-0.39, 0.29) is 0 Å². The molecule has 0 fully saturated rings. The lowest BCUT2D eigenvalue weighted by Crippen LogP contribution is -2.29. The van der Waals surface area contributed by atoms with Crippen LogP contribution in [0.5, 0.6) is 0 Å². The molecule has 0 amide bonds. The molecule has 0 saturated carbocycles. The Morgan fingerprint density at radius 3 is 2.19 bits per heavy atom. The van der Waals surface area contributed by atoms with Crippen molar-refractivity contribution in [1.29, 1.82) is 0 Å². The van der Waals surface area contributed by atoms with Crippen molar-refractivity contribution in [2.45, 2.75) is 40.5 Å². The summed E-state index contributed by atoms with van der Waals surface area (Å²) < 4.78 is 0. The summed E-state index contributed by atoms with van der Waals surface area (Å²) in [5.41, 5.74) is 3.12. The molecule has 0 bridgehead atoms. The van der Waals surface area contributed by atoms with Crippen LogP contribution in [0, 0.1) is 12.3 Å². The molecule has 16 heavy (non-hydrogen) atoms. The number of rotatable bonds is 4. The van der Waals surface area contributed by atoms with E-state index >= 15 is 0 Å². The third kappa shape index (κ3) is 4.80. The van der Waals surface area contributed by atoms with Crippen LogP contribution in [0.25, 0.3) is 0 Å². The second kappa shape index (κ2) is 5.49. The van der Waals surface area contributed by atoms with Crippen LogP contribution in [0.2, 0.25) is 0 Å². The molecule has 0 aliphatic heterocycles. The third-order valence-electron chi connectivity index (χ3n) is 2.75. The normalized spacial score (nSPS) is 13.8. The van der Waals surface area contributed by atoms with Crippen molar-refractivity contribution >= 4 is 0 Å². The van der Waals surface area contributed by atoms with Crippen LogP contribution in [0.3, 0.4) is 0 Å². The number of aryl methyl sites for hydroxylation is 1. The molecule has 1 atom stereocenters. The zero-order valence-corrected chi connectivity index (χ0v) is 11.3. The van der Waals surface area contributed by atoms with Gasteiger partial charge in [-0.15, -0.1) is 0 Å². The first-order valence-electron chi connectivity index (χ1n) is 6.16. The van der Waals surface area contributed by atoms with Gasteiger partial charge in [0.05, 0.1) is 0 Å². The average Bonchev–Trinajstić information content (AvgIpc) is 2.16. The molecule has 0 spiro atoms. The second-order valence-electron chi connectivity index (χ2n) is 6.00. The summed E-state index contributed by atoms with van der Waals surface area (Å²) in [7, 11) is 0. The van der Waals surface area contributed by atoms with Gasteiger partial charge in [-0.05, 0) is 23.8 Å². The zero-order valence-electron chi connectivity index (χ0n) is 11.3. The van der Waals surface area contributed by atoms with Gasteiger partial charge in [0.15, 0.2) is 0 Å². The smallest absolute Gasteiger partial charge is 0.00177 e. The maximum atomic E-state index is 3.54. The van der Waals surface area contributed by atoms with E-state index < -0.39 is 0 Å². The Morgan fingerprint density at radius 2 is 1.69 bits per heavy atom. The van der Waals surface area contributed by atoms with Crippen LogP contribution < -0.4 is 5.32 Å². The lowest BCUT2D eigenvalue weighted by Gasteiger charge is -2.21. The molecule has 0 aliphatic rings. The minimum Gasteiger partial charge on any atom is -0.316 e. The molecule has 1 aromatic carbocycles. The van der Waals surface area contributed by atoms with Gasteiger partial charge in [-0.3, -0.25) is 0 Å². The summed E-state index contributed by atoms with van der Waals surface area (Å²) in [6, 6.07) is 8.85. The van der Waals surface area contributed by atoms with Gasteiger partial charge in [0.25, 0.3) is 0 Å².